The number of carbonyl (C=O) groups is 1. The number of alkyl halides is 5. The molecule has 214 valence electrons. The normalized spacial score (nSPS) is 16.5. The second-order valence-electron chi connectivity index (χ2n) is 10.1. The van der Waals surface area contributed by atoms with Crippen molar-refractivity contribution >= 4 is 22.5 Å². The maximum atomic E-state index is 14.2. The minimum absolute atomic E-state index is 0.0823. The molecule has 1 fully saturated rings. The summed E-state index contributed by atoms with van der Waals surface area (Å²) < 4.78 is 72.9. The number of aryl methyl sites for hydroxylation is 1. The average Bonchev–Trinajstić information content (AvgIpc) is 3.32. The number of aromatic nitrogens is 2. The topological polar surface area (TPSA) is 41.4 Å². The number of para-hydroxylation sites is 2. The molecule has 4 aromatic rings. The SMILES string of the molecule is Cn1nc(-c2cccc(C(F)(F)F)c2)c2cccc(C(=O)N3CCC(C4=C[I-]c5ccccc5N4C(F)F)CC3)c21. The fraction of sp³-hybridized carbons (Fsp3) is 0.267. The Morgan fingerprint density at radius 3 is 2.46 bits per heavy atom. The van der Waals surface area contributed by atoms with Gasteiger partial charge in [0, 0.05) is 0 Å². The Balaban J connectivity index is 1.24. The van der Waals surface area contributed by atoms with Crippen LogP contribution in [-0.4, -0.2) is 40.2 Å². The summed E-state index contributed by atoms with van der Waals surface area (Å²) in [6.45, 7) is -1.83. The van der Waals surface area contributed by atoms with E-state index in [1.165, 1.54) is 10.7 Å². The molecule has 0 radical (unpaired) electrons. The first kappa shape index (κ1) is 27.7. The van der Waals surface area contributed by atoms with E-state index in [1.807, 2.05) is 16.2 Å². The third-order valence-electron chi connectivity index (χ3n) is 7.63. The van der Waals surface area contributed by atoms with Gasteiger partial charge in [0.1, 0.15) is 0 Å². The number of rotatable bonds is 4. The fourth-order valence-electron chi connectivity index (χ4n) is 5.66. The quantitative estimate of drug-likeness (QED) is 0.187. The van der Waals surface area contributed by atoms with E-state index in [0.717, 1.165) is 20.6 Å². The molecule has 0 unspecified atom stereocenters. The van der Waals surface area contributed by atoms with Gasteiger partial charge in [-0.1, -0.05) is 12.1 Å². The Bertz CT molecular complexity index is 1660. The Morgan fingerprint density at radius 2 is 1.73 bits per heavy atom. The van der Waals surface area contributed by atoms with Gasteiger partial charge in [-0.3, -0.25) is 0 Å². The number of benzene rings is 3. The first-order valence-corrected chi connectivity index (χ1v) is 15.4. The molecule has 0 atom stereocenters. The van der Waals surface area contributed by atoms with E-state index in [-0.39, 0.29) is 11.8 Å². The van der Waals surface area contributed by atoms with E-state index in [4.69, 9.17) is 0 Å². The summed E-state index contributed by atoms with van der Waals surface area (Å²) in [6, 6.07) is 17.4. The van der Waals surface area contributed by atoms with Crippen LogP contribution in [0.15, 0.2) is 76.5 Å². The minimum atomic E-state index is -4.49. The van der Waals surface area contributed by atoms with Crippen molar-refractivity contribution in [2.75, 3.05) is 18.0 Å². The zero-order chi connectivity index (χ0) is 28.9. The van der Waals surface area contributed by atoms with Gasteiger partial charge in [0.25, 0.3) is 0 Å². The van der Waals surface area contributed by atoms with Gasteiger partial charge in [-0.05, 0) is 12.1 Å². The van der Waals surface area contributed by atoms with Gasteiger partial charge < -0.3 is 0 Å². The number of fused-ring (bicyclic) bond motifs is 2. The fourth-order valence-corrected chi connectivity index (χ4v) is 8.30. The molecule has 0 spiro atoms. The Morgan fingerprint density at radius 1 is 1.00 bits per heavy atom. The maximum absolute atomic E-state index is 14.2. The van der Waals surface area contributed by atoms with Crippen LogP contribution in [-0.2, 0) is 13.2 Å². The predicted molar refractivity (Wildman–Crippen MR) is 141 cm³/mol. The Kier molecular flexibility index (Phi) is 7.25. The van der Waals surface area contributed by atoms with Crippen LogP contribution in [0.4, 0.5) is 27.6 Å². The molecule has 1 amide bonds. The summed E-state index contributed by atoms with van der Waals surface area (Å²) in [5.74, 6) is -0.296. The molecule has 6 rings (SSSR count). The van der Waals surface area contributed by atoms with Gasteiger partial charge in [0.15, 0.2) is 0 Å². The zero-order valence-corrected chi connectivity index (χ0v) is 24.0. The monoisotopic (exact) mass is 679 g/mol. The van der Waals surface area contributed by atoms with Crippen LogP contribution < -0.4 is 26.1 Å². The van der Waals surface area contributed by atoms with E-state index < -0.39 is 39.5 Å². The molecule has 3 heterocycles. The molecule has 41 heavy (non-hydrogen) atoms. The molecule has 0 bridgehead atoms. The van der Waals surface area contributed by atoms with Crippen LogP contribution in [0, 0.1) is 9.49 Å². The van der Waals surface area contributed by atoms with Crippen molar-refractivity contribution in [1.29, 1.82) is 0 Å². The van der Waals surface area contributed by atoms with Gasteiger partial charge in [0.05, 0.1) is 5.56 Å². The number of allylic oxidation sites excluding steroid dienone is 1. The standard InChI is InChI=1S/C30H25F5IN4O/c1-38-27-21(26(37-38)19-6-4-7-20(16-19)30(33,34)35)8-5-9-22(27)28(41)39-14-12-18(13-15-39)25-17-36-23-10-2-3-11-24(23)40(25)29(31)32/h2-11,16-18,29H,12-15H2,1H3/q-1. The average molecular weight is 679 g/mol. The van der Waals surface area contributed by atoms with Gasteiger partial charge in [-0.25, -0.2) is 0 Å². The number of hydrogen-bond donors (Lipinski definition) is 0. The van der Waals surface area contributed by atoms with Gasteiger partial charge in [0.2, 0.25) is 0 Å². The number of hydrogen-bond acceptors (Lipinski definition) is 3. The van der Waals surface area contributed by atoms with Crippen LogP contribution in [0.1, 0.15) is 28.8 Å². The van der Waals surface area contributed by atoms with E-state index in [2.05, 4.69) is 5.10 Å². The Labute approximate surface area is 243 Å². The van der Waals surface area contributed by atoms with E-state index >= 15 is 0 Å². The van der Waals surface area contributed by atoms with Crippen LogP contribution in [0.2, 0.25) is 0 Å². The van der Waals surface area contributed by atoms with Crippen molar-refractivity contribution in [2.24, 2.45) is 13.0 Å². The molecule has 5 nitrogen and oxygen atoms in total. The third-order valence-corrected chi connectivity index (χ3v) is 10.2. The van der Waals surface area contributed by atoms with Gasteiger partial charge in [-0.2, -0.15) is 13.2 Å². The van der Waals surface area contributed by atoms with E-state index in [0.29, 0.717) is 65.0 Å². The van der Waals surface area contributed by atoms with Crippen LogP contribution in [0.25, 0.3) is 22.2 Å². The molecular formula is C30H25F5IN4O-. The van der Waals surface area contributed by atoms with E-state index in [9.17, 15) is 26.7 Å². The molecule has 0 N–H and O–H groups in total. The number of nitrogens with zero attached hydrogens (tertiary/aromatic N) is 4. The summed E-state index contributed by atoms with van der Waals surface area (Å²) in [5.41, 5.74) is 2.07. The molecule has 2 aliphatic heterocycles. The molecule has 1 saturated heterocycles. The molecule has 0 saturated carbocycles. The van der Waals surface area contributed by atoms with Crippen LogP contribution >= 0.6 is 0 Å². The molecule has 1 aromatic heterocycles. The van der Waals surface area contributed by atoms with Crippen LogP contribution in [0.5, 0.6) is 0 Å². The summed E-state index contributed by atoms with van der Waals surface area (Å²) in [4.78, 5) is 16.6. The first-order chi connectivity index (χ1) is 19.6. The summed E-state index contributed by atoms with van der Waals surface area (Å²) in [5, 5.41) is 5.06. The summed E-state index contributed by atoms with van der Waals surface area (Å²) >= 11 is -0.526. The van der Waals surface area contributed by atoms with E-state index in [1.54, 1.807) is 48.3 Å². The summed E-state index contributed by atoms with van der Waals surface area (Å²) in [7, 11) is 1.66. The first-order valence-electron chi connectivity index (χ1n) is 13.1. The van der Waals surface area contributed by atoms with Crippen molar-refractivity contribution in [3.8, 4) is 11.3 Å². The molecular weight excluding hydrogens is 654 g/mol. The molecule has 0 aliphatic carbocycles. The number of anilines is 1. The second kappa shape index (κ2) is 10.7. The van der Waals surface area contributed by atoms with Gasteiger partial charge in [-0.15, -0.1) is 0 Å². The van der Waals surface area contributed by atoms with Crippen molar-refractivity contribution in [3.05, 3.63) is 91.2 Å². The number of halogens is 6. The third kappa shape index (κ3) is 5.08. The molecule has 3 aromatic carbocycles. The zero-order valence-electron chi connectivity index (χ0n) is 21.9. The van der Waals surface area contributed by atoms with Crippen molar-refractivity contribution in [3.63, 3.8) is 0 Å². The van der Waals surface area contributed by atoms with Crippen molar-refractivity contribution in [1.82, 2.24) is 14.7 Å². The number of piperidine rings is 1. The summed E-state index contributed by atoms with van der Waals surface area (Å²) in [6.07, 6.45) is -3.37. The number of amides is 1. The van der Waals surface area contributed by atoms with Crippen LogP contribution in [0.3, 0.4) is 0 Å². The number of likely N-dealkylation sites (tertiary alicyclic amines) is 1. The van der Waals surface area contributed by atoms with Crippen molar-refractivity contribution < 1.29 is 48.0 Å². The van der Waals surface area contributed by atoms with Gasteiger partial charge >= 0.3 is 201 Å². The molecule has 11 heteroatoms. The second-order valence-corrected chi connectivity index (χ2v) is 12.5. The molecule has 2 aliphatic rings. The van der Waals surface area contributed by atoms with Crippen molar-refractivity contribution in [2.45, 2.75) is 25.6 Å². The predicted octanol–water partition coefficient (Wildman–Crippen LogP) is 3.95. The Hall–Kier alpha value is -3.48. The number of carbonyl (C=O) groups excluding carboxylic acids is 1.